The monoisotopic (exact) mass is 242 g/mol. The first-order valence-corrected chi connectivity index (χ1v) is 6.16. The molecule has 0 unspecified atom stereocenters. The van der Waals surface area contributed by atoms with E-state index in [1.165, 1.54) is 0 Å². The smallest absolute Gasteiger partial charge is 0.169 e. The van der Waals surface area contributed by atoms with E-state index in [0.717, 1.165) is 28.2 Å². The van der Waals surface area contributed by atoms with Gasteiger partial charge in [0.1, 0.15) is 17.0 Å². The van der Waals surface area contributed by atoms with E-state index in [9.17, 15) is 4.79 Å². The fourth-order valence-electron chi connectivity index (χ4n) is 1.98. The number of aromatic nitrogens is 2. The third kappa shape index (κ3) is 1.49. The maximum absolute atomic E-state index is 11.3. The van der Waals surface area contributed by atoms with E-state index in [1.54, 1.807) is 11.3 Å². The number of hydrogen-bond acceptors (Lipinski definition) is 3. The molecule has 0 radical (unpaired) electrons. The van der Waals surface area contributed by atoms with E-state index in [0.29, 0.717) is 5.69 Å². The molecular formula is C13H10N2OS. The first kappa shape index (κ1) is 10.2. The second-order valence-electron chi connectivity index (χ2n) is 3.80. The maximum atomic E-state index is 11.3. The Labute approximate surface area is 102 Å². The van der Waals surface area contributed by atoms with Gasteiger partial charge in [-0.3, -0.25) is 9.20 Å². The highest BCUT2D eigenvalue weighted by atomic mass is 32.1. The van der Waals surface area contributed by atoms with E-state index in [1.807, 2.05) is 47.0 Å². The normalized spacial score (nSPS) is 10.9. The Balaban J connectivity index is 2.41. The summed E-state index contributed by atoms with van der Waals surface area (Å²) in [6.45, 7) is 1.97. The van der Waals surface area contributed by atoms with Gasteiger partial charge in [0.05, 0.1) is 4.88 Å². The molecule has 0 aromatic carbocycles. The quantitative estimate of drug-likeness (QED) is 0.647. The van der Waals surface area contributed by atoms with Crippen LogP contribution in [0, 0.1) is 6.92 Å². The van der Waals surface area contributed by atoms with Gasteiger partial charge in [-0.1, -0.05) is 12.1 Å². The molecule has 0 saturated heterocycles. The number of carbonyl (C=O) groups excluding carboxylic acids is 1. The zero-order valence-electron chi connectivity index (χ0n) is 9.25. The number of aldehydes is 1. The van der Waals surface area contributed by atoms with E-state index < -0.39 is 0 Å². The summed E-state index contributed by atoms with van der Waals surface area (Å²) in [7, 11) is 0. The van der Waals surface area contributed by atoms with Crippen LogP contribution in [0.2, 0.25) is 0 Å². The molecule has 17 heavy (non-hydrogen) atoms. The topological polar surface area (TPSA) is 34.4 Å². The average Bonchev–Trinajstić information content (AvgIpc) is 2.95. The van der Waals surface area contributed by atoms with Crippen molar-refractivity contribution >= 4 is 23.3 Å². The van der Waals surface area contributed by atoms with Crippen molar-refractivity contribution < 1.29 is 4.79 Å². The predicted octanol–water partition coefficient (Wildman–Crippen LogP) is 3.18. The molecule has 4 heteroatoms. The minimum Gasteiger partial charge on any atom is -0.296 e. The molecule has 3 rings (SSSR count). The van der Waals surface area contributed by atoms with Gasteiger partial charge in [-0.15, -0.1) is 11.3 Å². The van der Waals surface area contributed by atoms with Gasteiger partial charge in [-0.25, -0.2) is 4.98 Å². The lowest BCUT2D eigenvalue weighted by Gasteiger charge is -2.00. The van der Waals surface area contributed by atoms with Crippen molar-refractivity contribution in [1.29, 1.82) is 0 Å². The van der Waals surface area contributed by atoms with E-state index in [-0.39, 0.29) is 0 Å². The average molecular weight is 242 g/mol. The second-order valence-corrected chi connectivity index (χ2v) is 4.75. The fraction of sp³-hybridized carbons (Fsp3) is 0.0769. The molecule has 0 aliphatic carbocycles. The zero-order valence-corrected chi connectivity index (χ0v) is 10.1. The highest BCUT2D eigenvalue weighted by molar-refractivity contribution is 7.13. The molecule has 0 fully saturated rings. The maximum Gasteiger partial charge on any atom is 0.169 e. The Hall–Kier alpha value is -1.94. The van der Waals surface area contributed by atoms with Crippen molar-refractivity contribution in [3.05, 3.63) is 47.1 Å². The molecule has 0 spiro atoms. The fourth-order valence-corrected chi connectivity index (χ4v) is 2.71. The minimum atomic E-state index is 0.626. The van der Waals surface area contributed by atoms with Crippen LogP contribution in [0.15, 0.2) is 35.7 Å². The Morgan fingerprint density at radius 2 is 2.18 bits per heavy atom. The van der Waals surface area contributed by atoms with Gasteiger partial charge in [0.15, 0.2) is 6.29 Å². The van der Waals surface area contributed by atoms with E-state index >= 15 is 0 Å². The number of rotatable bonds is 2. The number of aryl methyl sites for hydroxylation is 1. The Morgan fingerprint density at radius 1 is 1.29 bits per heavy atom. The summed E-state index contributed by atoms with van der Waals surface area (Å²) in [6.07, 6.45) is 0.877. The lowest BCUT2D eigenvalue weighted by molar-refractivity contribution is 0.111. The SMILES string of the molecule is Cc1cccc2nc(-c3cccs3)c(C=O)n12. The third-order valence-electron chi connectivity index (χ3n) is 2.74. The van der Waals surface area contributed by atoms with Crippen LogP contribution < -0.4 is 0 Å². The molecule has 0 aliphatic rings. The van der Waals surface area contributed by atoms with Crippen LogP contribution in [-0.4, -0.2) is 15.7 Å². The lowest BCUT2D eigenvalue weighted by Crippen LogP contribution is -1.95. The van der Waals surface area contributed by atoms with Crippen LogP contribution >= 0.6 is 11.3 Å². The molecule has 3 nitrogen and oxygen atoms in total. The summed E-state index contributed by atoms with van der Waals surface area (Å²) in [5.41, 5.74) is 3.22. The van der Waals surface area contributed by atoms with Crippen molar-refractivity contribution in [3.63, 3.8) is 0 Å². The predicted molar refractivity (Wildman–Crippen MR) is 68.6 cm³/mol. The number of nitrogens with zero attached hydrogens (tertiary/aromatic N) is 2. The molecule has 0 amide bonds. The van der Waals surface area contributed by atoms with Gasteiger partial charge in [0.25, 0.3) is 0 Å². The number of fused-ring (bicyclic) bond motifs is 1. The van der Waals surface area contributed by atoms with Crippen molar-refractivity contribution in [3.8, 4) is 10.6 Å². The molecule has 3 aromatic rings. The molecule has 3 heterocycles. The first-order valence-electron chi connectivity index (χ1n) is 5.28. The molecule has 84 valence electrons. The van der Waals surface area contributed by atoms with Gasteiger partial charge in [0.2, 0.25) is 0 Å². The van der Waals surface area contributed by atoms with Crippen LogP contribution in [0.5, 0.6) is 0 Å². The van der Waals surface area contributed by atoms with Gasteiger partial charge in [0, 0.05) is 5.69 Å². The minimum absolute atomic E-state index is 0.626. The van der Waals surface area contributed by atoms with Gasteiger partial charge < -0.3 is 0 Å². The van der Waals surface area contributed by atoms with E-state index in [4.69, 9.17) is 0 Å². The molecule has 3 aromatic heterocycles. The van der Waals surface area contributed by atoms with Crippen molar-refractivity contribution in [2.45, 2.75) is 6.92 Å². The van der Waals surface area contributed by atoms with Crippen LogP contribution in [0.3, 0.4) is 0 Å². The summed E-state index contributed by atoms with van der Waals surface area (Å²) in [6, 6.07) is 9.78. The van der Waals surface area contributed by atoms with Gasteiger partial charge >= 0.3 is 0 Å². The Kier molecular flexibility index (Phi) is 2.30. The molecule has 0 N–H and O–H groups in total. The van der Waals surface area contributed by atoms with Crippen LogP contribution in [0.4, 0.5) is 0 Å². The summed E-state index contributed by atoms with van der Waals surface area (Å²) >= 11 is 1.59. The Bertz CT molecular complexity index is 683. The molecule has 0 saturated carbocycles. The molecule has 0 atom stereocenters. The standard InChI is InChI=1S/C13H10N2OS/c1-9-4-2-6-12-14-13(10(8-16)15(9)12)11-5-3-7-17-11/h2-8H,1H3. The summed E-state index contributed by atoms with van der Waals surface area (Å²) < 4.78 is 1.89. The number of carbonyl (C=O) groups is 1. The van der Waals surface area contributed by atoms with Crippen molar-refractivity contribution in [2.75, 3.05) is 0 Å². The van der Waals surface area contributed by atoms with Gasteiger partial charge in [-0.2, -0.15) is 0 Å². The lowest BCUT2D eigenvalue weighted by atomic mass is 10.3. The van der Waals surface area contributed by atoms with Crippen LogP contribution in [0.1, 0.15) is 16.2 Å². The molecule has 0 aliphatic heterocycles. The largest absolute Gasteiger partial charge is 0.296 e. The summed E-state index contributed by atoms with van der Waals surface area (Å²) in [5, 5.41) is 1.99. The highest BCUT2D eigenvalue weighted by Crippen LogP contribution is 2.27. The third-order valence-corrected chi connectivity index (χ3v) is 3.62. The number of pyridine rings is 1. The van der Waals surface area contributed by atoms with Crippen molar-refractivity contribution in [1.82, 2.24) is 9.38 Å². The van der Waals surface area contributed by atoms with Crippen molar-refractivity contribution in [2.24, 2.45) is 0 Å². The first-order chi connectivity index (χ1) is 8.31. The van der Waals surface area contributed by atoms with E-state index in [2.05, 4.69) is 4.98 Å². The molecule has 0 bridgehead atoms. The number of imidazole rings is 1. The second kappa shape index (κ2) is 3.82. The van der Waals surface area contributed by atoms with Crippen LogP contribution in [0.25, 0.3) is 16.2 Å². The Morgan fingerprint density at radius 3 is 2.88 bits per heavy atom. The summed E-state index contributed by atoms with van der Waals surface area (Å²) in [5.74, 6) is 0. The number of thiophene rings is 1. The molecular weight excluding hydrogens is 232 g/mol. The number of hydrogen-bond donors (Lipinski definition) is 0. The highest BCUT2D eigenvalue weighted by Gasteiger charge is 2.14. The van der Waals surface area contributed by atoms with Gasteiger partial charge in [-0.05, 0) is 30.5 Å². The summed E-state index contributed by atoms with van der Waals surface area (Å²) in [4.78, 5) is 16.8. The van der Waals surface area contributed by atoms with Crippen LogP contribution in [-0.2, 0) is 0 Å². The zero-order chi connectivity index (χ0) is 11.8.